The zero-order valence-electron chi connectivity index (χ0n) is 10.2. The molecule has 2 rings (SSSR count). The van der Waals surface area contributed by atoms with Crippen molar-refractivity contribution in [2.45, 2.75) is 19.4 Å². The van der Waals surface area contributed by atoms with E-state index in [9.17, 15) is 4.79 Å². The van der Waals surface area contributed by atoms with E-state index in [1.807, 2.05) is 28.9 Å². The van der Waals surface area contributed by atoms with Gasteiger partial charge in [0.25, 0.3) is 0 Å². The molecule has 0 aliphatic heterocycles. The average Bonchev–Trinajstić information content (AvgIpc) is 2.80. The Morgan fingerprint density at radius 1 is 1.39 bits per heavy atom. The van der Waals surface area contributed by atoms with Crippen LogP contribution in [0.5, 0.6) is 0 Å². The zero-order chi connectivity index (χ0) is 12.8. The number of amides is 1. The van der Waals surface area contributed by atoms with Crippen molar-refractivity contribution in [3.8, 4) is 0 Å². The van der Waals surface area contributed by atoms with Crippen LogP contribution < -0.4 is 5.32 Å². The number of aliphatic hydroxyl groups excluding tert-OH is 1. The molecule has 1 aromatic carbocycles. The van der Waals surface area contributed by atoms with Gasteiger partial charge in [-0.25, -0.2) is 0 Å². The molecule has 0 aliphatic carbocycles. The van der Waals surface area contributed by atoms with E-state index in [-0.39, 0.29) is 12.5 Å². The second-order valence-corrected chi connectivity index (χ2v) is 4.10. The molecular formula is C13H17N3O2. The van der Waals surface area contributed by atoms with E-state index in [0.29, 0.717) is 25.9 Å². The first-order valence-corrected chi connectivity index (χ1v) is 6.09. The van der Waals surface area contributed by atoms with E-state index < -0.39 is 0 Å². The number of nitrogens with one attached hydrogen (secondary N) is 1. The van der Waals surface area contributed by atoms with Gasteiger partial charge < -0.3 is 10.4 Å². The van der Waals surface area contributed by atoms with Gasteiger partial charge in [0.1, 0.15) is 0 Å². The van der Waals surface area contributed by atoms with Gasteiger partial charge in [-0.05, 0) is 12.5 Å². The van der Waals surface area contributed by atoms with Crippen molar-refractivity contribution in [2.75, 3.05) is 13.2 Å². The lowest BCUT2D eigenvalue weighted by molar-refractivity contribution is -0.121. The molecule has 0 spiro atoms. The van der Waals surface area contributed by atoms with Crippen molar-refractivity contribution >= 4 is 16.8 Å². The Morgan fingerprint density at radius 2 is 2.22 bits per heavy atom. The maximum atomic E-state index is 11.5. The molecule has 1 amide bonds. The number of rotatable bonds is 6. The van der Waals surface area contributed by atoms with Crippen molar-refractivity contribution < 1.29 is 9.90 Å². The molecule has 0 bridgehead atoms. The van der Waals surface area contributed by atoms with Gasteiger partial charge in [0.05, 0.1) is 18.3 Å². The monoisotopic (exact) mass is 247 g/mol. The number of aryl methyl sites for hydroxylation is 1. The van der Waals surface area contributed by atoms with E-state index in [4.69, 9.17) is 5.11 Å². The van der Waals surface area contributed by atoms with Crippen LogP contribution in [0, 0.1) is 0 Å². The molecule has 18 heavy (non-hydrogen) atoms. The number of benzene rings is 1. The number of carbonyl (C=O) groups excluding carboxylic acids is 1. The number of hydrogen-bond donors (Lipinski definition) is 2. The highest BCUT2D eigenvalue weighted by molar-refractivity contribution is 5.79. The Hall–Kier alpha value is -1.88. The number of hydrogen-bond acceptors (Lipinski definition) is 3. The maximum Gasteiger partial charge on any atom is 0.221 e. The summed E-state index contributed by atoms with van der Waals surface area (Å²) in [6, 6.07) is 7.92. The fourth-order valence-corrected chi connectivity index (χ4v) is 1.81. The lowest BCUT2D eigenvalue weighted by Crippen LogP contribution is -2.26. The largest absolute Gasteiger partial charge is 0.396 e. The SMILES string of the molecule is O=C(CCn1ncc2ccccc21)NCCCO. The summed E-state index contributed by atoms with van der Waals surface area (Å²) in [6.45, 7) is 1.19. The van der Waals surface area contributed by atoms with E-state index in [2.05, 4.69) is 10.4 Å². The van der Waals surface area contributed by atoms with Crippen molar-refractivity contribution in [1.29, 1.82) is 0 Å². The van der Waals surface area contributed by atoms with Crippen LogP contribution in [0.4, 0.5) is 0 Å². The van der Waals surface area contributed by atoms with E-state index in [1.54, 1.807) is 6.20 Å². The molecule has 1 aromatic heterocycles. The molecule has 2 aromatic rings. The molecule has 0 atom stereocenters. The van der Waals surface area contributed by atoms with Crippen LogP contribution in [0.1, 0.15) is 12.8 Å². The second kappa shape index (κ2) is 6.16. The minimum absolute atomic E-state index is 0.0111. The van der Waals surface area contributed by atoms with Gasteiger partial charge in [-0.2, -0.15) is 5.10 Å². The lowest BCUT2D eigenvalue weighted by Gasteiger charge is -2.05. The molecule has 5 nitrogen and oxygen atoms in total. The summed E-state index contributed by atoms with van der Waals surface area (Å²) in [7, 11) is 0. The summed E-state index contributed by atoms with van der Waals surface area (Å²) in [4.78, 5) is 11.5. The number of carbonyl (C=O) groups is 1. The fraction of sp³-hybridized carbons (Fsp3) is 0.385. The standard InChI is InChI=1S/C13H17N3O2/c17-9-3-7-14-13(18)6-8-16-12-5-2-1-4-11(12)10-15-16/h1-2,4-5,10,17H,3,6-9H2,(H,14,18). The van der Waals surface area contributed by atoms with Crippen molar-refractivity contribution in [2.24, 2.45) is 0 Å². The topological polar surface area (TPSA) is 67.2 Å². The molecule has 2 N–H and O–H groups in total. The normalized spacial score (nSPS) is 10.7. The number of nitrogens with zero attached hydrogens (tertiary/aromatic N) is 2. The van der Waals surface area contributed by atoms with E-state index in [1.165, 1.54) is 0 Å². The Balaban J connectivity index is 1.88. The summed E-state index contributed by atoms with van der Waals surface area (Å²) >= 11 is 0. The third kappa shape index (κ3) is 3.07. The van der Waals surface area contributed by atoms with Crippen LogP contribution in [0.15, 0.2) is 30.5 Å². The van der Waals surface area contributed by atoms with Gasteiger partial charge in [-0.15, -0.1) is 0 Å². The average molecular weight is 247 g/mol. The minimum atomic E-state index is -0.0111. The van der Waals surface area contributed by atoms with Crippen molar-refractivity contribution in [3.05, 3.63) is 30.5 Å². The minimum Gasteiger partial charge on any atom is -0.396 e. The van der Waals surface area contributed by atoms with Gasteiger partial charge in [0, 0.05) is 25.0 Å². The lowest BCUT2D eigenvalue weighted by atomic mass is 10.2. The van der Waals surface area contributed by atoms with Crippen LogP contribution in [0.3, 0.4) is 0 Å². The third-order valence-electron chi connectivity index (χ3n) is 2.76. The van der Waals surface area contributed by atoms with E-state index in [0.717, 1.165) is 10.9 Å². The highest BCUT2D eigenvalue weighted by Crippen LogP contribution is 2.12. The third-order valence-corrected chi connectivity index (χ3v) is 2.76. The quantitative estimate of drug-likeness (QED) is 0.746. The van der Waals surface area contributed by atoms with Gasteiger partial charge in [-0.3, -0.25) is 9.48 Å². The first kappa shape index (κ1) is 12.6. The van der Waals surface area contributed by atoms with Gasteiger partial charge >= 0.3 is 0 Å². The zero-order valence-corrected chi connectivity index (χ0v) is 10.2. The molecular weight excluding hydrogens is 230 g/mol. The first-order valence-electron chi connectivity index (χ1n) is 6.09. The summed E-state index contributed by atoms with van der Waals surface area (Å²) in [5.41, 5.74) is 1.04. The second-order valence-electron chi connectivity index (χ2n) is 4.10. The van der Waals surface area contributed by atoms with Crippen LogP contribution >= 0.6 is 0 Å². The number of aliphatic hydroxyl groups is 1. The smallest absolute Gasteiger partial charge is 0.221 e. The molecule has 0 unspecified atom stereocenters. The highest BCUT2D eigenvalue weighted by atomic mass is 16.3. The predicted octanol–water partition coefficient (Wildman–Crippen LogP) is 0.925. The molecule has 96 valence electrons. The van der Waals surface area contributed by atoms with Crippen LogP contribution in [-0.4, -0.2) is 33.9 Å². The maximum absolute atomic E-state index is 11.5. The number of fused-ring (bicyclic) bond motifs is 1. The van der Waals surface area contributed by atoms with Gasteiger partial charge in [-0.1, -0.05) is 18.2 Å². The Labute approximate surface area is 105 Å². The van der Waals surface area contributed by atoms with Crippen LogP contribution in [0.2, 0.25) is 0 Å². The predicted molar refractivity (Wildman–Crippen MR) is 69.1 cm³/mol. The Morgan fingerprint density at radius 3 is 3.06 bits per heavy atom. The van der Waals surface area contributed by atoms with Crippen molar-refractivity contribution in [1.82, 2.24) is 15.1 Å². The summed E-state index contributed by atoms with van der Waals surface area (Å²) in [5, 5.41) is 16.7. The molecule has 5 heteroatoms. The van der Waals surface area contributed by atoms with Gasteiger partial charge in [0.2, 0.25) is 5.91 Å². The molecule has 0 aliphatic rings. The fourth-order valence-electron chi connectivity index (χ4n) is 1.81. The van der Waals surface area contributed by atoms with Gasteiger partial charge in [0.15, 0.2) is 0 Å². The summed E-state index contributed by atoms with van der Waals surface area (Å²) in [5.74, 6) is -0.0111. The van der Waals surface area contributed by atoms with E-state index >= 15 is 0 Å². The van der Waals surface area contributed by atoms with Crippen molar-refractivity contribution in [3.63, 3.8) is 0 Å². The van der Waals surface area contributed by atoms with Crippen LogP contribution in [0.25, 0.3) is 10.9 Å². The molecule has 0 saturated heterocycles. The summed E-state index contributed by atoms with van der Waals surface area (Å²) < 4.78 is 1.83. The number of aromatic nitrogens is 2. The van der Waals surface area contributed by atoms with Crippen LogP contribution in [-0.2, 0) is 11.3 Å². The highest BCUT2D eigenvalue weighted by Gasteiger charge is 2.04. The molecule has 1 heterocycles. The Bertz CT molecular complexity index is 522. The number of para-hydroxylation sites is 1. The molecule has 0 fully saturated rings. The molecule has 0 radical (unpaired) electrons. The molecule has 0 saturated carbocycles. The summed E-state index contributed by atoms with van der Waals surface area (Å²) in [6.07, 6.45) is 2.80. The first-order chi connectivity index (χ1) is 8.81. The Kier molecular flexibility index (Phi) is 4.30.